The van der Waals surface area contributed by atoms with E-state index >= 15 is 0 Å². The zero-order valence-electron chi connectivity index (χ0n) is 13.3. The van der Waals surface area contributed by atoms with Crippen molar-refractivity contribution < 1.29 is 14.3 Å². The number of methoxy groups -OCH3 is 1. The molecule has 1 aromatic carbocycles. The van der Waals surface area contributed by atoms with Crippen LogP contribution in [0.1, 0.15) is 18.4 Å². The second kappa shape index (κ2) is 9.25. The third-order valence-corrected chi connectivity index (χ3v) is 4.47. The number of thioether (sulfide) groups is 1. The number of esters is 1. The van der Waals surface area contributed by atoms with E-state index in [1.165, 1.54) is 29.8 Å². The number of hydrogen-bond acceptors (Lipinski definition) is 4. The Morgan fingerprint density at radius 1 is 1.30 bits per heavy atom. The summed E-state index contributed by atoms with van der Waals surface area (Å²) in [5, 5.41) is 4.16. The van der Waals surface area contributed by atoms with Gasteiger partial charge in [-0.15, -0.1) is 11.8 Å². The highest BCUT2D eigenvalue weighted by atomic mass is 32.2. The molecule has 0 spiro atoms. The molecule has 1 amide bonds. The number of rotatable bonds is 9. The summed E-state index contributed by atoms with van der Waals surface area (Å²) in [4.78, 5) is 25.9. The number of aromatic amines is 1. The van der Waals surface area contributed by atoms with Crippen molar-refractivity contribution in [3.63, 3.8) is 0 Å². The van der Waals surface area contributed by atoms with Gasteiger partial charge in [-0.05, 0) is 24.5 Å². The fourth-order valence-electron chi connectivity index (χ4n) is 2.31. The number of fused-ring (bicyclic) bond motifs is 1. The Kier molecular flexibility index (Phi) is 7.00. The molecule has 0 aliphatic carbocycles. The summed E-state index contributed by atoms with van der Waals surface area (Å²) in [6.45, 7) is 0.667. The summed E-state index contributed by atoms with van der Waals surface area (Å²) in [6.07, 6.45) is 4.30. The van der Waals surface area contributed by atoms with Crippen molar-refractivity contribution >= 4 is 34.5 Å². The number of carbonyl (C=O) groups is 2. The number of H-pyrrole nitrogens is 1. The van der Waals surface area contributed by atoms with Crippen LogP contribution in [0.5, 0.6) is 0 Å². The Morgan fingerprint density at radius 2 is 2.13 bits per heavy atom. The average molecular weight is 334 g/mol. The first-order valence-corrected chi connectivity index (χ1v) is 8.82. The van der Waals surface area contributed by atoms with Gasteiger partial charge in [-0.2, -0.15) is 0 Å². The fourth-order valence-corrected chi connectivity index (χ4v) is 3.07. The van der Waals surface area contributed by atoms with Crippen LogP contribution >= 0.6 is 11.8 Å². The third kappa shape index (κ3) is 5.63. The quantitative estimate of drug-likeness (QED) is 0.546. The second-order valence-corrected chi connectivity index (χ2v) is 6.30. The third-order valence-electron chi connectivity index (χ3n) is 3.54. The van der Waals surface area contributed by atoms with Gasteiger partial charge in [0, 0.05) is 35.8 Å². The van der Waals surface area contributed by atoms with E-state index in [9.17, 15) is 9.59 Å². The summed E-state index contributed by atoms with van der Waals surface area (Å²) in [5.41, 5.74) is 2.43. The summed E-state index contributed by atoms with van der Waals surface area (Å²) in [7, 11) is 1.36. The highest BCUT2D eigenvalue weighted by Gasteiger charge is 2.05. The van der Waals surface area contributed by atoms with Gasteiger partial charge in [0.25, 0.3) is 0 Å². The smallest absolute Gasteiger partial charge is 0.315 e. The van der Waals surface area contributed by atoms with E-state index in [-0.39, 0.29) is 11.9 Å². The van der Waals surface area contributed by atoms with Crippen LogP contribution < -0.4 is 5.32 Å². The molecule has 0 radical (unpaired) electrons. The van der Waals surface area contributed by atoms with Crippen LogP contribution in [0.15, 0.2) is 30.5 Å². The topological polar surface area (TPSA) is 71.2 Å². The molecule has 2 rings (SSSR count). The van der Waals surface area contributed by atoms with Crippen LogP contribution in [0.2, 0.25) is 0 Å². The molecule has 0 fully saturated rings. The molecule has 0 aliphatic heterocycles. The second-order valence-electron chi connectivity index (χ2n) is 5.19. The van der Waals surface area contributed by atoms with Crippen molar-refractivity contribution in [3.8, 4) is 0 Å². The maximum absolute atomic E-state index is 11.7. The van der Waals surface area contributed by atoms with Crippen molar-refractivity contribution in [1.82, 2.24) is 10.3 Å². The molecule has 0 aliphatic rings. The maximum Gasteiger partial charge on any atom is 0.315 e. The molecule has 0 saturated carbocycles. The first-order valence-electron chi connectivity index (χ1n) is 7.67. The number of aromatic nitrogens is 1. The molecule has 0 atom stereocenters. The normalized spacial score (nSPS) is 10.7. The number of hydrogen-bond donors (Lipinski definition) is 2. The lowest BCUT2D eigenvalue weighted by atomic mass is 10.1. The molecule has 1 heterocycles. The van der Waals surface area contributed by atoms with Crippen LogP contribution in [0, 0.1) is 0 Å². The minimum atomic E-state index is -0.255. The summed E-state index contributed by atoms with van der Waals surface area (Å²) < 4.78 is 4.54. The number of aryl methyl sites for hydroxylation is 1. The average Bonchev–Trinajstić information content (AvgIpc) is 2.98. The van der Waals surface area contributed by atoms with Crippen molar-refractivity contribution in [2.45, 2.75) is 19.3 Å². The molecule has 0 bridgehead atoms. The molecule has 6 heteroatoms. The van der Waals surface area contributed by atoms with Gasteiger partial charge < -0.3 is 15.0 Å². The van der Waals surface area contributed by atoms with E-state index in [1.54, 1.807) is 0 Å². The van der Waals surface area contributed by atoms with Crippen molar-refractivity contribution in [2.24, 2.45) is 0 Å². The van der Waals surface area contributed by atoms with Crippen LogP contribution in [0.25, 0.3) is 10.9 Å². The molecular formula is C17H22N2O3S. The van der Waals surface area contributed by atoms with E-state index in [1.807, 2.05) is 18.3 Å². The van der Waals surface area contributed by atoms with Crippen LogP contribution in [0.4, 0.5) is 0 Å². The van der Waals surface area contributed by atoms with Gasteiger partial charge in [-0.1, -0.05) is 18.2 Å². The number of para-hydroxylation sites is 1. The molecule has 124 valence electrons. The Morgan fingerprint density at radius 3 is 2.96 bits per heavy atom. The van der Waals surface area contributed by atoms with E-state index in [0.717, 1.165) is 18.4 Å². The fraction of sp³-hybridized carbons (Fsp3) is 0.412. The molecular weight excluding hydrogens is 312 g/mol. The zero-order chi connectivity index (χ0) is 16.5. The molecule has 1 aromatic heterocycles. The SMILES string of the molecule is COC(=O)CSCCC(=O)NCCCc1c[nH]c2ccccc12. The monoisotopic (exact) mass is 334 g/mol. The molecule has 2 N–H and O–H groups in total. The summed E-state index contributed by atoms with van der Waals surface area (Å²) >= 11 is 1.41. The molecule has 0 unspecified atom stereocenters. The van der Waals surface area contributed by atoms with E-state index in [2.05, 4.69) is 27.2 Å². The maximum atomic E-state index is 11.7. The van der Waals surface area contributed by atoms with Gasteiger partial charge in [0.1, 0.15) is 0 Å². The van der Waals surface area contributed by atoms with Gasteiger partial charge in [-0.3, -0.25) is 9.59 Å². The molecule has 23 heavy (non-hydrogen) atoms. The molecule has 0 saturated heterocycles. The van der Waals surface area contributed by atoms with Crippen molar-refractivity contribution in [2.75, 3.05) is 25.2 Å². The predicted molar refractivity (Wildman–Crippen MR) is 93.6 cm³/mol. The highest BCUT2D eigenvalue weighted by molar-refractivity contribution is 7.99. The first kappa shape index (κ1) is 17.4. The van der Waals surface area contributed by atoms with E-state index in [0.29, 0.717) is 24.5 Å². The van der Waals surface area contributed by atoms with E-state index in [4.69, 9.17) is 0 Å². The van der Waals surface area contributed by atoms with Gasteiger partial charge >= 0.3 is 5.97 Å². The van der Waals surface area contributed by atoms with Gasteiger partial charge in [0.05, 0.1) is 12.9 Å². The Balaban J connectivity index is 1.60. The number of amides is 1. The lowest BCUT2D eigenvalue weighted by Gasteiger charge is -2.05. The van der Waals surface area contributed by atoms with E-state index < -0.39 is 0 Å². The summed E-state index contributed by atoms with van der Waals surface area (Å²) in [6, 6.07) is 8.22. The lowest BCUT2D eigenvalue weighted by molar-refractivity contribution is -0.137. The van der Waals surface area contributed by atoms with Crippen molar-refractivity contribution in [1.29, 1.82) is 0 Å². The van der Waals surface area contributed by atoms with Gasteiger partial charge in [0.15, 0.2) is 0 Å². The Bertz CT molecular complexity index is 654. The number of nitrogens with one attached hydrogen (secondary N) is 2. The van der Waals surface area contributed by atoms with Crippen LogP contribution in [-0.4, -0.2) is 42.0 Å². The van der Waals surface area contributed by atoms with Crippen LogP contribution in [0.3, 0.4) is 0 Å². The number of ether oxygens (including phenoxy) is 1. The van der Waals surface area contributed by atoms with Gasteiger partial charge in [0.2, 0.25) is 5.91 Å². The van der Waals surface area contributed by atoms with Crippen LogP contribution in [-0.2, 0) is 20.7 Å². The lowest BCUT2D eigenvalue weighted by Crippen LogP contribution is -2.25. The number of carbonyl (C=O) groups excluding carboxylic acids is 2. The van der Waals surface area contributed by atoms with Gasteiger partial charge in [-0.25, -0.2) is 0 Å². The minimum absolute atomic E-state index is 0.0290. The first-order chi connectivity index (χ1) is 11.2. The molecule has 5 nitrogen and oxygen atoms in total. The zero-order valence-corrected chi connectivity index (χ0v) is 14.1. The number of benzene rings is 1. The van der Waals surface area contributed by atoms with Crippen molar-refractivity contribution in [3.05, 3.63) is 36.0 Å². The summed E-state index contributed by atoms with van der Waals surface area (Å²) in [5.74, 6) is 0.698. The predicted octanol–water partition coefficient (Wildman–Crippen LogP) is 2.51. The highest BCUT2D eigenvalue weighted by Crippen LogP contribution is 2.18. The minimum Gasteiger partial charge on any atom is -0.468 e. The molecule has 2 aromatic rings. The Hall–Kier alpha value is -1.95. The largest absolute Gasteiger partial charge is 0.468 e. The Labute approximate surface area is 140 Å². The standard InChI is InChI=1S/C17H22N2O3S/c1-22-17(21)12-23-10-8-16(20)18-9-4-5-13-11-19-15-7-3-2-6-14(13)15/h2-3,6-7,11,19H,4-5,8-10,12H2,1H3,(H,18,20).